The predicted octanol–water partition coefficient (Wildman–Crippen LogP) is 1.39. The van der Waals surface area contributed by atoms with E-state index in [1.807, 2.05) is 18.5 Å². The van der Waals surface area contributed by atoms with Crippen LogP contribution in [0.4, 0.5) is 0 Å². The highest BCUT2D eigenvalue weighted by molar-refractivity contribution is 5.95. The van der Waals surface area contributed by atoms with Gasteiger partial charge in [-0.05, 0) is 20.8 Å². The molecule has 2 rings (SSSR count). The highest BCUT2D eigenvalue weighted by Crippen LogP contribution is 2.13. The van der Waals surface area contributed by atoms with E-state index < -0.39 is 5.97 Å². The summed E-state index contributed by atoms with van der Waals surface area (Å²) in [4.78, 5) is 25.9. The third-order valence-electron chi connectivity index (χ3n) is 3.84. The maximum absolute atomic E-state index is 12.6. The first-order valence-corrected chi connectivity index (χ1v) is 7.86. The molecular formula is C16H23N5O3. The lowest BCUT2D eigenvalue weighted by Gasteiger charge is -2.15. The molecule has 0 radical (unpaired) electrons. The van der Waals surface area contributed by atoms with Crippen LogP contribution in [0.3, 0.4) is 0 Å². The predicted molar refractivity (Wildman–Crippen MR) is 87.6 cm³/mol. The van der Waals surface area contributed by atoms with E-state index in [2.05, 4.69) is 10.2 Å². The molecule has 130 valence electrons. The van der Waals surface area contributed by atoms with Crippen LogP contribution in [0.5, 0.6) is 0 Å². The zero-order valence-corrected chi connectivity index (χ0v) is 14.7. The summed E-state index contributed by atoms with van der Waals surface area (Å²) < 4.78 is 8.20. The van der Waals surface area contributed by atoms with Crippen LogP contribution in [0.25, 0.3) is 0 Å². The highest BCUT2D eigenvalue weighted by atomic mass is 16.5. The SMILES string of the molecule is CCOC(=O)c1cc(C(=O)N(C)Cc2cnn(CC)c2C)nn1C. The fraction of sp³-hybridized carbons (Fsp3) is 0.500. The molecule has 0 atom stereocenters. The lowest BCUT2D eigenvalue weighted by molar-refractivity contribution is 0.0513. The third-order valence-corrected chi connectivity index (χ3v) is 3.84. The Hall–Kier alpha value is -2.64. The van der Waals surface area contributed by atoms with Gasteiger partial charge in [0.1, 0.15) is 5.69 Å². The molecule has 0 unspecified atom stereocenters. The number of nitrogens with zero attached hydrogens (tertiary/aromatic N) is 5. The van der Waals surface area contributed by atoms with Crippen molar-refractivity contribution in [3.05, 3.63) is 34.9 Å². The van der Waals surface area contributed by atoms with Gasteiger partial charge in [0.25, 0.3) is 5.91 Å². The van der Waals surface area contributed by atoms with Gasteiger partial charge >= 0.3 is 5.97 Å². The second-order valence-corrected chi connectivity index (χ2v) is 5.49. The van der Waals surface area contributed by atoms with Crippen LogP contribution in [0, 0.1) is 6.92 Å². The Kier molecular flexibility index (Phi) is 5.38. The average Bonchev–Trinajstić information content (AvgIpc) is 3.10. The minimum absolute atomic E-state index is 0.212. The van der Waals surface area contributed by atoms with Gasteiger partial charge in [-0.3, -0.25) is 14.2 Å². The number of carbonyl (C=O) groups is 2. The number of esters is 1. The van der Waals surface area contributed by atoms with E-state index in [-0.39, 0.29) is 23.9 Å². The van der Waals surface area contributed by atoms with Gasteiger partial charge in [0.2, 0.25) is 0 Å². The highest BCUT2D eigenvalue weighted by Gasteiger charge is 2.21. The standard InChI is InChI=1S/C16H23N5O3/c1-6-21-11(3)12(9-17-21)10-19(4)15(22)13-8-14(20(5)18-13)16(23)24-7-2/h8-9H,6-7,10H2,1-5H3. The summed E-state index contributed by atoms with van der Waals surface area (Å²) in [5.41, 5.74) is 2.48. The molecule has 0 saturated carbocycles. The molecule has 0 aromatic carbocycles. The molecule has 2 heterocycles. The quantitative estimate of drug-likeness (QED) is 0.746. The Bertz CT molecular complexity index is 747. The van der Waals surface area contributed by atoms with E-state index in [0.717, 1.165) is 17.8 Å². The van der Waals surface area contributed by atoms with Crippen molar-refractivity contribution < 1.29 is 14.3 Å². The second-order valence-electron chi connectivity index (χ2n) is 5.49. The number of aryl methyl sites for hydroxylation is 2. The number of amides is 1. The first kappa shape index (κ1) is 17.7. The monoisotopic (exact) mass is 333 g/mol. The largest absolute Gasteiger partial charge is 0.461 e. The van der Waals surface area contributed by atoms with Crippen LogP contribution >= 0.6 is 0 Å². The molecule has 2 aromatic heterocycles. The fourth-order valence-electron chi connectivity index (χ4n) is 2.45. The van der Waals surface area contributed by atoms with Crippen LogP contribution in [0.15, 0.2) is 12.3 Å². The zero-order chi connectivity index (χ0) is 17.9. The van der Waals surface area contributed by atoms with Crippen molar-refractivity contribution in [3.8, 4) is 0 Å². The van der Waals surface area contributed by atoms with Crippen LogP contribution < -0.4 is 0 Å². The van der Waals surface area contributed by atoms with Crippen molar-refractivity contribution in [2.75, 3.05) is 13.7 Å². The molecule has 0 fully saturated rings. The molecule has 0 aliphatic rings. The Morgan fingerprint density at radius 1 is 1.33 bits per heavy atom. The number of hydrogen-bond acceptors (Lipinski definition) is 5. The summed E-state index contributed by atoms with van der Waals surface area (Å²) in [6.07, 6.45) is 1.77. The average molecular weight is 333 g/mol. The second kappa shape index (κ2) is 7.29. The minimum atomic E-state index is -0.491. The third kappa shape index (κ3) is 3.47. The molecule has 2 aromatic rings. The van der Waals surface area contributed by atoms with Crippen LogP contribution in [0.2, 0.25) is 0 Å². The van der Waals surface area contributed by atoms with Crippen molar-refractivity contribution in [2.24, 2.45) is 7.05 Å². The summed E-state index contributed by atoms with van der Waals surface area (Å²) >= 11 is 0. The summed E-state index contributed by atoms with van der Waals surface area (Å²) in [6.45, 7) is 7.21. The molecule has 0 aliphatic carbocycles. The molecule has 0 N–H and O–H groups in total. The first-order valence-electron chi connectivity index (χ1n) is 7.86. The van der Waals surface area contributed by atoms with Gasteiger partial charge in [-0.15, -0.1) is 0 Å². The first-order chi connectivity index (χ1) is 11.4. The zero-order valence-electron chi connectivity index (χ0n) is 14.7. The van der Waals surface area contributed by atoms with Gasteiger partial charge in [-0.2, -0.15) is 10.2 Å². The Morgan fingerprint density at radius 2 is 2.04 bits per heavy atom. The molecule has 1 amide bonds. The fourth-order valence-corrected chi connectivity index (χ4v) is 2.45. The van der Waals surface area contributed by atoms with E-state index >= 15 is 0 Å². The number of rotatable bonds is 6. The number of hydrogen-bond donors (Lipinski definition) is 0. The van der Waals surface area contributed by atoms with E-state index in [9.17, 15) is 9.59 Å². The number of carbonyl (C=O) groups excluding carboxylic acids is 2. The van der Waals surface area contributed by atoms with Crippen molar-refractivity contribution in [2.45, 2.75) is 33.9 Å². The smallest absolute Gasteiger partial charge is 0.356 e. The molecule has 0 aliphatic heterocycles. The molecule has 8 heteroatoms. The van der Waals surface area contributed by atoms with Gasteiger partial charge in [-0.25, -0.2) is 4.79 Å². The van der Waals surface area contributed by atoms with Crippen molar-refractivity contribution in [1.29, 1.82) is 0 Å². The van der Waals surface area contributed by atoms with E-state index in [1.165, 1.54) is 10.7 Å². The molecule has 0 bridgehead atoms. The van der Waals surface area contributed by atoms with Gasteiger partial charge in [0.15, 0.2) is 5.69 Å². The molecule has 0 saturated heterocycles. The maximum Gasteiger partial charge on any atom is 0.356 e. The van der Waals surface area contributed by atoms with Crippen molar-refractivity contribution >= 4 is 11.9 Å². The van der Waals surface area contributed by atoms with Crippen LogP contribution in [0.1, 0.15) is 46.1 Å². The summed E-state index contributed by atoms with van der Waals surface area (Å²) in [5.74, 6) is -0.751. The van der Waals surface area contributed by atoms with Crippen LogP contribution in [-0.2, 0) is 24.9 Å². The Balaban J connectivity index is 2.14. The summed E-state index contributed by atoms with van der Waals surface area (Å²) in [6, 6.07) is 1.46. The normalized spacial score (nSPS) is 10.7. The Labute approximate surface area is 141 Å². The Morgan fingerprint density at radius 3 is 2.62 bits per heavy atom. The molecule has 0 spiro atoms. The van der Waals surface area contributed by atoms with Crippen LogP contribution in [-0.4, -0.2) is 50.0 Å². The maximum atomic E-state index is 12.6. The molecule has 24 heavy (non-hydrogen) atoms. The molecular weight excluding hydrogens is 310 g/mol. The van der Waals surface area contributed by atoms with Gasteiger partial charge < -0.3 is 9.64 Å². The van der Waals surface area contributed by atoms with E-state index in [1.54, 1.807) is 32.1 Å². The van der Waals surface area contributed by atoms with Crippen molar-refractivity contribution in [1.82, 2.24) is 24.5 Å². The molecule has 8 nitrogen and oxygen atoms in total. The summed E-state index contributed by atoms with van der Waals surface area (Å²) in [5, 5.41) is 8.40. The minimum Gasteiger partial charge on any atom is -0.461 e. The number of ether oxygens (including phenoxy) is 1. The lowest BCUT2D eigenvalue weighted by Crippen LogP contribution is -2.27. The lowest BCUT2D eigenvalue weighted by atomic mass is 10.2. The topological polar surface area (TPSA) is 82.2 Å². The number of aromatic nitrogens is 4. The van der Waals surface area contributed by atoms with E-state index in [0.29, 0.717) is 6.54 Å². The van der Waals surface area contributed by atoms with E-state index in [4.69, 9.17) is 4.74 Å². The summed E-state index contributed by atoms with van der Waals surface area (Å²) in [7, 11) is 3.31. The van der Waals surface area contributed by atoms with Crippen molar-refractivity contribution in [3.63, 3.8) is 0 Å². The van der Waals surface area contributed by atoms with Gasteiger partial charge in [0, 0.05) is 44.5 Å². The van der Waals surface area contributed by atoms with Gasteiger partial charge in [0.05, 0.1) is 12.8 Å². The van der Waals surface area contributed by atoms with Gasteiger partial charge in [-0.1, -0.05) is 0 Å².